The number of hydrogen-bond acceptors (Lipinski definition) is 6. The second-order valence-corrected chi connectivity index (χ2v) is 5.77. The van der Waals surface area contributed by atoms with Crippen molar-refractivity contribution >= 4 is 27.3 Å². The third-order valence-corrected chi connectivity index (χ3v) is 3.07. The number of nitrogens with zero attached hydrogens (tertiary/aromatic N) is 2. The highest BCUT2D eigenvalue weighted by molar-refractivity contribution is 7.90. The lowest BCUT2D eigenvalue weighted by molar-refractivity contribution is 0.0978. The Morgan fingerprint density at radius 3 is 2.79 bits per heavy atom. The number of rotatable bonds is 5. The SMILES string of the molecule is CS(=O)(=O)CCCC(=O)c1cnsn1. The molecule has 0 amide bonds. The minimum atomic E-state index is -2.97. The predicted octanol–water partition coefficient (Wildman–Crippen LogP) is 0.546. The van der Waals surface area contributed by atoms with Crippen molar-refractivity contribution in [1.82, 2.24) is 8.75 Å². The van der Waals surface area contributed by atoms with Crippen LogP contribution in [0.1, 0.15) is 23.3 Å². The summed E-state index contributed by atoms with van der Waals surface area (Å²) in [7, 11) is -2.97. The highest BCUT2D eigenvalue weighted by Crippen LogP contribution is 2.03. The molecule has 0 atom stereocenters. The Morgan fingerprint density at radius 2 is 2.29 bits per heavy atom. The Morgan fingerprint density at radius 1 is 1.57 bits per heavy atom. The number of aromatic nitrogens is 2. The molecule has 0 radical (unpaired) electrons. The minimum absolute atomic E-state index is 0.0380. The number of ketones is 1. The molecule has 1 aromatic heterocycles. The lowest BCUT2D eigenvalue weighted by Crippen LogP contribution is -2.06. The molecule has 0 saturated carbocycles. The molecule has 0 spiro atoms. The molecule has 0 aliphatic carbocycles. The fraction of sp³-hybridized carbons (Fsp3) is 0.571. The van der Waals surface area contributed by atoms with Gasteiger partial charge in [0, 0.05) is 12.7 Å². The summed E-state index contributed by atoms with van der Waals surface area (Å²) in [6.45, 7) is 0. The van der Waals surface area contributed by atoms with E-state index in [1.165, 1.54) is 6.20 Å². The first-order valence-corrected chi connectivity index (χ1v) is 6.76. The van der Waals surface area contributed by atoms with E-state index in [9.17, 15) is 13.2 Å². The molecule has 78 valence electrons. The van der Waals surface area contributed by atoms with Gasteiger partial charge in [0.25, 0.3) is 0 Å². The van der Waals surface area contributed by atoms with Gasteiger partial charge in [-0.3, -0.25) is 4.79 Å². The van der Waals surface area contributed by atoms with E-state index >= 15 is 0 Å². The van der Waals surface area contributed by atoms with Gasteiger partial charge < -0.3 is 0 Å². The van der Waals surface area contributed by atoms with Crippen LogP contribution < -0.4 is 0 Å². The Bertz CT molecular complexity index is 397. The molecule has 14 heavy (non-hydrogen) atoms. The topological polar surface area (TPSA) is 77.0 Å². The molecule has 5 nitrogen and oxygen atoms in total. The van der Waals surface area contributed by atoms with Gasteiger partial charge in [0.2, 0.25) is 0 Å². The number of sulfone groups is 1. The van der Waals surface area contributed by atoms with Crippen LogP contribution in [-0.2, 0) is 9.84 Å². The summed E-state index contributed by atoms with van der Waals surface area (Å²) < 4.78 is 29.0. The molecule has 1 heterocycles. The van der Waals surface area contributed by atoms with Crippen LogP contribution in [0.2, 0.25) is 0 Å². The summed E-state index contributed by atoms with van der Waals surface area (Å²) in [6.07, 6.45) is 3.10. The molecule has 0 unspecified atom stereocenters. The minimum Gasteiger partial charge on any atom is -0.292 e. The quantitative estimate of drug-likeness (QED) is 0.695. The Kier molecular flexibility index (Phi) is 3.70. The Balaban J connectivity index is 2.37. The maximum atomic E-state index is 11.3. The molecule has 0 aliphatic rings. The highest BCUT2D eigenvalue weighted by Gasteiger charge is 2.10. The predicted molar refractivity (Wildman–Crippen MR) is 53.2 cm³/mol. The van der Waals surface area contributed by atoms with E-state index in [-0.39, 0.29) is 18.0 Å². The zero-order valence-corrected chi connectivity index (χ0v) is 9.27. The highest BCUT2D eigenvalue weighted by atomic mass is 32.2. The van der Waals surface area contributed by atoms with Gasteiger partial charge in [-0.2, -0.15) is 8.75 Å². The van der Waals surface area contributed by atoms with Gasteiger partial charge in [-0.05, 0) is 6.42 Å². The van der Waals surface area contributed by atoms with Crippen molar-refractivity contribution in [3.05, 3.63) is 11.9 Å². The van der Waals surface area contributed by atoms with Gasteiger partial charge in [-0.1, -0.05) is 0 Å². The monoisotopic (exact) mass is 234 g/mol. The van der Waals surface area contributed by atoms with Crippen molar-refractivity contribution in [3.63, 3.8) is 0 Å². The third-order valence-electron chi connectivity index (χ3n) is 1.57. The average Bonchev–Trinajstić information content (AvgIpc) is 2.53. The molecule has 0 bridgehead atoms. The maximum absolute atomic E-state index is 11.3. The standard InChI is InChI=1S/C7H10N2O3S2/c1-14(11,12)4-2-3-7(10)6-5-8-13-9-6/h5H,2-4H2,1H3. The van der Waals surface area contributed by atoms with Gasteiger partial charge in [-0.25, -0.2) is 8.42 Å². The third kappa shape index (κ3) is 3.93. The zero-order chi connectivity index (χ0) is 10.6. The summed E-state index contributed by atoms with van der Waals surface area (Å²) in [4.78, 5) is 11.3. The lowest BCUT2D eigenvalue weighted by Gasteiger charge is -1.96. The van der Waals surface area contributed by atoms with Gasteiger partial charge >= 0.3 is 0 Å². The second kappa shape index (κ2) is 4.61. The van der Waals surface area contributed by atoms with Crippen LogP contribution in [0.25, 0.3) is 0 Å². The number of Topliss-reactive ketones (excluding diaryl/α,β-unsaturated/α-hetero) is 1. The van der Waals surface area contributed by atoms with Crippen LogP contribution in [0.5, 0.6) is 0 Å². The molecule has 0 N–H and O–H groups in total. The fourth-order valence-electron chi connectivity index (χ4n) is 0.911. The molecular formula is C7H10N2O3S2. The molecule has 1 aromatic rings. The summed E-state index contributed by atoms with van der Waals surface area (Å²) >= 11 is 0.968. The van der Waals surface area contributed by atoms with Crippen molar-refractivity contribution in [2.75, 3.05) is 12.0 Å². The molecule has 0 fully saturated rings. The smallest absolute Gasteiger partial charge is 0.183 e. The van der Waals surface area contributed by atoms with Gasteiger partial charge in [0.15, 0.2) is 5.78 Å². The van der Waals surface area contributed by atoms with Crippen molar-refractivity contribution in [3.8, 4) is 0 Å². The Labute approximate surface area is 86.4 Å². The van der Waals surface area contributed by atoms with Crippen molar-refractivity contribution < 1.29 is 13.2 Å². The molecule has 1 rings (SSSR count). The lowest BCUT2D eigenvalue weighted by atomic mass is 10.2. The number of carbonyl (C=O) groups is 1. The van der Waals surface area contributed by atoms with Gasteiger partial charge in [0.1, 0.15) is 15.5 Å². The Hall–Kier alpha value is -0.820. The summed E-state index contributed by atoms with van der Waals surface area (Å²) in [5, 5.41) is 0. The molecule has 0 aromatic carbocycles. The van der Waals surface area contributed by atoms with Crippen LogP contribution >= 0.6 is 11.7 Å². The first kappa shape index (κ1) is 11.3. The largest absolute Gasteiger partial charge is 0.292 e. The van der Waals surface area contributed by atoms with E-state index in [2.05, 4.69) is 8.75 Å². The normalized spacial score (nSPS) is 11.5. The van der Waals surface area contributed by atoms with Crippen LogP contribution in [-0.4, -0.2) is 35.0 Å². The average molecular weight is 234 g/mol. The summed E-state index contributed by atoms with van der Waals surface area (Å²) in [6, 6.07) is 0. The van der Waals surface area contributed by atoms with Crippen molar-refractivity contribution in [2.45, 2.75) is 12.8 Å². The van der Waals surface area contributed by atoms with Crippen molar-refractivity contribution in [1.29, 1.82) is 0 Å². The molecule has 0 saturated heterocycles. The number of hydrogen-bond donors (Lipinski definition) is 0. The van der Waals surface area contributed by atoms with Crippen LogP contribution in [0, 0.1) is 0 Å². The first-order chi connectivity index (χ1) is 6.49. The van der Waals surface area contributed by atoms with E-state index in [0.717, 1.165) is 18.0 Å². The van der Waals surface area contributed by atoms with Gasteiger partial charge in [-0.15, -0.1) is 0 Å². The van der Waals surface area contributed by atoms with Gasteiger partial charge in [0.05, 0.1) is 23.7 Å². The second-order valence-electron chi connectivity index (χ2n) is 2.95. The fourth-order valence-corrected chi connectivity index (χ4v) is 2.01. The van der Waals surface area contributed by atoms with Crippen LogP contribution in [0.15, 0.2) is 6.20 Å². The van der Waals surface area contributed by atoms with E-state index in [0.29, 0.717) is 12.1 Å². The first-order valence-electron chi connectivity index (χ1n) is 3.97. The van der Waals surface area contributed by atoms with E-state index in [1.54, 1.807) is 0 Å². The zero-order valence-electron chi connectivity index (χ0n) is 7.63. The van der Waals surface area contributed by atoms with Crippen LogP contribution in [0.4, 0.5) is 0 Å². The van der Waals surface area contributed by atoms with E-state index < -0.39 is 9.84 Å². The molecular weight excluding hydrogens is 224 g/mol. The summed E-state index contributed by atoms with van der Waals surface area (Å²) in [5.74, 6) is -0.113. The molecule has 0 aliphatic heterocycles. The van der Waals surface area contributed by atoms with E-state index in [1.807, 2.05) is 0 Å². The van der Waals surface area contributed by atoms with E-state index in [4.69, 9.17) is 0 Å². The van der Waals surface area contributed by atoms with Crippen LogP contribution in [0.3, 0.4) is 0 Å². The van der Waals surface area contributed by atoms with Crippen molar-refractivity contribution in [2.24, 2.45) is 0 Å². The molecule has 7 heteroatoms. The number of carbonyl (C=O) groups excluding carboxylic acids is 1. The maximum Gasteiger partial charge on any atom is 0.183 e. The summed E-state index contributed by atoms with van der Waals surface area (Å²) in [5.41, 5.74) is 0.323.